The van der Waals surface area contributed by atoms with E-state index in [9.17, 15) is 4.79 Å². The van der Waals surface area contributed by atoms with E-state index in [-0.39, 0.29) is 5.56 Å². The van der Waals surface area contributed by atoms with E-state index in [0.29, 0.717) is 17.9 Å². The molecule has 4 nitrogen and oxygen atoms in total. The molecular weight excluding hydrogens is 206 g/mol. The van der Waals surface area contributed by atoms with Crippen LogP contribution in [0.3, 0.4) is 0 Å². The fourth-order valence-corrected chi connectivity index (χ4v) is 1.17. The number of carbonyl (C=O) groups is 1. The average Bonchev–Trinajstić information content (AvgIpc) is 2.29. The van der Waals surface area contributed by atoms with Crippen LogP contribution in [0.4, 0.5) is 0 Å². The van der Waals surface area contributed by atoms with Crippen LogP contribution in [0.1, 0.15) is 15.9 Å². The second-order valence-corrected chi connectivity index (χ2v) is 3.05. The molecule has 0 spiro atoms. The van der Waals surface area contributed by atoms with Crippen LogP contribution in [0.5, 0.6) is 5.75 Å². The maximum Gasteiger partial charge on any atom is 0.336 e. The van der Waals surface area contributed by atoms with Crippen molar-refractivity contribution in [1.82, 2.24) is 5.32 Å². The van der Waals surface area contributed by atoms with Crippen molar-refractivity contribution in [2.75, 3.05) is 20.7 Å². The predicted molar refractivity (Wildman–Crippen MR) is 60.8 cm³/mol. The van der Waals surface area contributed by atoms with Gasteiger partial charge in [0.25, 0.3) is 0 Å². The molecule has 1 aromatic carbocycles. The van der Waals surface area contributed by atoms with Crippen LogP contribution in [0.15, 0.2) is 18.2 Å². The van der Waals surface area contributed by atoms with Crippen molar-refractivity contribution in [2.24, 2.45) is 0 Å². The van der Waals surface area contributed by atoms with Gasteiger partial charge >= 0.3 is 5.97 Å². The minimum absolute atomic E-state index is 0.185. The lowest BCUT2D eigenvalue weighted by Crippen LogP contribution is -2.05. The predicted octanol–water partition coefficient (Wildman–Crippen LogP) is 0.964. The van der Waals surface area contributed by atoms with Crippen molar-refractivity contribution in [3.8, 4) is 17.6 Å². The van der Waals surface area contributed by atoms with Crippen molar-refractivity contribution >= 4 is 5.97 Å². The topological polar surface area (TPSA) is 58.6 Å². The molecule has 84 valence electrons. The van der Waals surface area contributed by atoms with Crippen molar-refractivity contribution in [1.29, 1.82) is 0 Å². The van der Waals surface area contributed by atoms with Crippen LogP contribution >= 0.6 is 0 Å². The summed E-state index contributed by atoms with van der Waals surface area (Å²) in [6.07, 6.45) is 0. The van der Waals surface area contributed by atoms with Gasteiger partial charge in [0.05, 0.1) is 19.2 Å². The van der Waals surface area contributed by atoms with Gasteiger partial charge in [0, 0.05) is 5.56 Å². The maximum absolute atomic E-state index is 10.9. The lowest BCUT2D eigenvalue weighted by atomic mass is 10.1. The molecule has 0 aromatic heterocycles. The second kappa shape index (κ2) is 5.79. The van der Waals surface area contributed by atoms with Gasteiger partial charge in [-0.1, -0.05) is 11.8 Å². The fourth-order valence-electron chi connectivity index (χ4n) is 1.17. The maximum atomic E-state index is 10.9. The quantitative estimate of drug-likeness (QED) is 0.743. The minimum atomic E-state index is -0.989. The molecule has 0 saturated carbocycles. The van der Waals surface area contributed by atoms with Gasteiger partial charge in [-0.3, -0.25) is 0 Å². The van der Waals surface area contributed by atoms with Crippen molar-refractivity contribution in [3.63, 3.8) is 0 Å². The molecule has 0 amide bonds. The number of hydrogen-bond acceptors (Lipinski definition) is 3. The van der Waals surface area contributed by atoms with Crippen LogP contribution in [-0.2, 0) is 0 Å². The Kier molecular flexibility index (Phi) is 4.37. The number of carboxylic acid groups (broad SMARTS) is 1. The monoisotopic (exact) mass is 219 g/mol. The summed E-state index contributed by atoms with van der Waals surface area (Å²) in [6.45, 7) is 0.510. The molecule has 0 aliphatic heterocycles. The molecule has 1 aromatic rings. The third-order valence-electron chi connectivity index (χ3n) is 1.95. The molecule has 0 aliphatic carbocycles. The largest absolute Gasteiger partial charge is 0.497 e. The van der Waals surface area contributed by atoms with E-state index in [1.165, 1.54) is 13.2 Å². The van der Waals surface area contributed by atoms with Crippen LogP contribution < -0.4 is 10.1 Å². The first-order valence-electron chi connectivity index (χ1n) is 4.74. The van der Waals surface area contributed by atoms with Gasteiger partial charge in [0.15, 0.2) is 0 Å². The second-order valence-electron chi connectivity index (χ2n) is 3.05. The number of hydrogen-bond donors (Lipinski definition) is 2. The van der Waals surface area contributed by atoms with Crippen LogP contribution in [0.25, 0.3) is 0 Å². The lowest BCUT2D eigenvalue weighted by molar-refractivity contribution is 0.0696. The zero-order chi connectivity index (χ0) is 12.0. The lowest BCUT2D eigenvalue weighted by Gasteiger charge is -2.03. The Labute approximate surface area is 94.2 Å². The van der Waals surface area contributed by atoms with Crippen molar-refractivity contribution in [2.45, 2.75) is 0 Å². The Hall–Kier alpha value is -1.99. The number of benzene rings is 1. The van der Waals surface area contributed by atoms with Crippen molar-refractivity contribution in [3.05, 3.63) is 29.3 Å². The van der Waals surface area contributed by atoms with E-state index in [4.69, 9.17) is 9.84 Å². The van der Waals surface area contributed by atoms with Gasteiger partial charge in [-0.15, -0.1) is 0 Å². The normalized spacial score (nSPS) is 9.12. The van der Waals surface area contributed by atoms with Gasteiger partial charge in [-0.2, -0.15) is 0 Å². The minimum Gasteiger partial charge on any atom is -0.497 e. The van der Waals surface area contributed by atoms with Gasteiger partial charge < -0.3 is 15.2 Å². The smallest absolute Gasteiger partial charge is 0.336 e. The Balaban J connectivity index is 3.11. The van der Waals surface area contributed by atoms with E-state index in [2.05, 4.69) is 17.2 Å². The summed E-state index contributed by atoms with van der Waals surface area (Å²) in [6, 6.07) is 4.71. The molecule has 0 heterocycles. The van der Waals surface area contributed by atoms with E-state index >= 15 is 0 Å². The third-order valence-corrected chi connectivity index (χ3v) is 1.95. The van der Waals surface area contributed by atoms with Gasteiger partial charge in [-0.05, 0) is 25.2 Å². The number of rotatable bonds is 3. The first-order chi connectivity index (χ1) is 7.69. The summed E-state index contributed by atoms with van der Waals surface area (Å²) < 4.78 is 5.02. The highest BCUT2D eigenvalue weighted by Crippen LogP contribution is 2.16. The summed E-state index contributed by atoms with van der Waals surface area (Å²) in [4.78, 5) is 10.9. The molecule has 0 aliphatic rings. The molecule has 16 heavy (non-hydrogen) atoms. The highest BCUT2D eigenvalue weighted by molar-refractivity contribution is 5.91. The Morgan fingerprint density at radius 1 is 1.56 bits per heavy atom. The number of nitrogens with one attached hydrogen (secondary N) is 1. The number of aromatic carboxylic acids is 1. The molecule has 0 bridgehead atoms. The highest BCUT2D eigenvalue weighted by Gasteiger charge is 2.08. The van der Waals surface area contributed by atoms with E-state index in [1.54, 1.807) is 19.2 Å². The summed E-state index contributed by atoms with van der Waals surface area (Å²) in [5.41, 5.74) is 0.645. The van der Waals surface area contributed by atoms with Gasteiger partial charge in [-0.25, -0.2) is 4.79 Å². The number of methoxy groups -OCH3 is 1. The summed E-state index contributed by atoms with van der Waals surface area (Å²) in [5, 5.41) is 11.8. The highest BCUT2D eigenvalue weighted by atomic mass is 16.5. The molecule has 0 unspecified atom stereocenters. The standard InChI is InChI=1S/C12H13NO3/c1-13-7-3-4-9-8-10(16-2)5-6-11(9)12(14)15/h5-6,8,13H,7H2,1-2H3,(H,14,15). The van der Waals surface area contributed by atoms with Crippen LogP contribution in [0, 0.1) is 11.8 Å². The third kappa shape index (κ3) is 3.01. The molecule has 0 saturated heterocycles. The first-order valence-corrected chi connectivity index (χ1v) is 4.74. The molecule has 0 atom stereocenters. The van der Waals surface area contributed by atoms with Crippen molar-refractivity contribution < 1.29 is 14.6 Å². The van der Waals surface area contributed by atoms with Gasteiger partial charge in [0.1, 0.15) is 5.75 Å². The average molecular weight is 219 g/mol. The molecule has 1 rings (SSSR count). The molecule has 0 fully saturated rings. The summed E-state index contributed by atoms with van der Waals surface area (Å²) >= 11 is 0. The SMILES string of the molecule is CNCC#Cc1cc(OC)ccc1C(=O)O. The molecular formula is C12H13NO3. The summed E-state index contributed by atoms with van der Waals surface area (Å²) in [5.74, 6) is 5.22. The molecule has 2 N–H and O–H groups in total. The van der Waals surface area contributed by atoms with Gasteiger partial charge in [0.2, 0.25) is 0 Å². The Morgan fingerprint density at radius 2 is 2.31 bits per heavy atom. The summed E-state index contributed by atoms with van der Waals surface area (Å²) in [7, 11) is 3.30. The van der Waals surface area contributed by atoms with Crippen LogP contribution in [0.2, 0.25) is 0 Å². The van der Waals surface area contributed by atoms with Crippen LogP contribution in [-0.4, -0.2) is 31.8 Å². The molecule has 4 heteroatoms. The van der Waals surface area contributed by atoms with E-state index in [0.717, 1.165) is 0 Å². The Morgan fingerprint density at radius 3 is 2.88 bits per heavy atom. The van der Waals surface area contributed by atoms with E-state index < -0.39 is 5.97 Å². The Bertz CT molecular complexity index is 443. The van der Waals surface area contributed by atoms with E-state index in [1.807, 2.05) is 0 Å². The fraction of sp³-hybridized carbons (Fsp3) is 0.250. The zero-order valence-electron chi connectivity index (χ0n) is 9.20. The number of carboxylic acids is 1. The zero-order valence-corrected chi connectivity index (χ0v) is 9.20. The first kappa shape index (κ1) is 12.1. The number of ether oxygens (including phenoxy) is 1. The molecule has 0 radical (unpaired) electrons.